The van der Waals surface area contributed by atoms with Gasteiger partial charge >= 0.3 is 11.9 Å². The summed E-state index contributed by atoms with van der Waals surface area (Å²) < 4.78 is 26.9. The van der Waals surface area contributed by atoms with Crippen molar-refractivity contribution in [2.45, 2.75) is 71.6 Å². The number of unbranched alkanes of at least 4 members (excludes halogenated alkanes) is 7. The van der Waals surface area contributed by atoms with Gasteiger partial charge in [0.15, 0.2) is 0 Å². The number of rotatable bonds is 12. The quantitative estimate of drug-likeness (QED) is 0.274. The third-order valence-corrected chi connectivity index (χ3v) is 3.97. The van der Waals surface area contributed by atoms with Crippen molar-refractivity contribution in [1.29, 1.82) is 0 Å². The molecule has 3 N–H and O–H groups in total. The minimum atomic E-state index is -3.66. The fourth-order valence-corrected chi connectivity index (χ4v) is 1.84. The molecule has 0 radical (unpaired) electrons. The SMILES string of the molecule is CCCCCCCCCC/C(=C/C(=O)O)C(=O)O.CCS(=O)(=O)O. The second-order valence-corrected chi connectivity index (χ2v) is 7.15. The van der Waals surface area contributed by atoms with Gasteiger partial charge in [0.25, 0.3) is 10.1 Å². The highest BCUT2D eigenvalue weighted by Gasteiger charge is 2.08. The molecule has 0 aromatic heterocycles. The molecular weight excluding hydrogens is 336 g/mol. The lowest BCUT2D eigenvalue weighted by molar-refractivity contribution is -0.135. The Balaban J connectivity index is 0. The molecule has 0 bridgehead atoms. The molecule has 0 aromatic carbocycles. The van der Waals surface area contributed by atoms with E-state index in [1.807, 2.05) is 0 Å². The summed E-state index contributed by atoms with van der Waals surface area (Å²) in [6.07, 6.45) is 10.2. The van der Waals surface area contributed by atoms with Crippen molar-refractivity contribution in [3.8, 4) is 0 Å². The third-order valence-electron chi connectivity index (χ3n) is 3.24. The van der Waals surface area contributed by atoms with Crippen LogP contribution in [0.25, 0.3) is 0 Å². The van der Waals surface area contributed by atoms with Crippen LogP contribution in [0.5, 0.6) is 0 Å². The molecular formula is C16H30O7S. The van der Waals surface area contributed by atoms with Crippen LogP contribution in [0.2, 0.25) is 0 Å². The zero-order valence-corrected chi connectivity index (χ0v) is 15.3. The topological polar surface area (TPSA) is 129 Å². The van der Waals surface area contributed by atoms with Crippen molar-refractivity contribution < 1.29 is 32.8 Å². The number of hydrogen-bond acceptors (Lipinski definition) is 4. The van der Waals surface area contributed by atoms with Crippen LogP contribution >= 0.6 is 0 Å². The highest BCUT2D eigenvalue weighted by Crippen LogP contribution is 2.13. The van der Waals surface area contributed by atoms with Gasteiger partial charge in [0.05, 0.1) is 5.75 Å². The molecule has 0 saturated carbocycles. The zero-order valence-electron chi connectivity index (χ0n) is 14.5. The number of hydrogen-bond donors (Lipinski definition) is 3. The van der Waals surface area contributed by atoms with Gasteiger partial charge in [-0.05, 0) is 19.8 Å². The summed E-state index contributed by atoms with van der Waals surface area (Å²) in [5.41, 5.74) is -0.00603. The molecule has 0 aliphatic heterocycles. The van der Waals surface area contributed by atoms with Crippen molar-refractivity contribution in [2.24, 2.45) is 0 Å². The third kappa shape index (κ3) is 20.6. The van der Waals surface area contributed by atoms with Crippen LogP contribution < -0.4 is 0 Å². The fraction of sp³-hybridized carbons (Fsp3) is 0.750. The predicted octanol–water partition coefficient (Wildman–Crippen LogP) is 3.51. The van der Waals surface area contributed by atoms with Crippen molar-refractivity contribution in [1.82, 2.24) is 0 Å². The van der Waals surface area contributed by atoms with Gasteiger partial charge in [-0.3, -0.25) is 4.55 Å². The minimum absolute atomic E-state index is 0.00603. The maximum Gasteiger partial charge on any atom is 0.331 e. The van der Waals surface area contributed by atoms with Crippen LogP contribution in [0, 0.1) is 0 Å². The Labute approximate surface area is 144 Å². The van der Waals surface area contributed by atoms with Gasteiger partial charge in [0.2, 0.25) is 0 Å². The Kier molecular flexibility index (Phi) is 15.7. The number of carboxylic acid groups (broad SMARTS) is 2. The van der Waals surface area contributed by atoms with Crippen LogP contribution in [-0.4, -0.2) is 40.9 Å². The smallest absolute Gasteiger partial charge is 0.331 e. The number of carboxylic acids is 2. The normalized spacial score (nSPS) is 11.5. The van der Waals surface area contributed by atoms with Crippen LogP contribution in [0.1, 0.15) is 71.6 Å². The monoisotopic (exact) mass is 366 g/mol. The lowest BCUT2D eigenvalue weighted by atomic mass is 10.0. The van der Waals surface area contributed by atoms with Gasteiger partial charge in [-0.1, -0.05) is 51.9 Å². The maximum absolute atomic E-state index is 10.7. The Morgan fingerprint density at radius 3 is 1.62 bits per heavy atom. The summed E-state index contributed by atoms with van der Waals surface area (Å²) in [6, 6.07) is 0. The van der Waals surface area contributed by atoms with Crippen LogP contribution in [0.4, 0.5) is 0 Å². The average molecular weight is 366 g/mol. The molecule has 0 rings (SSSR count). The van der Waals surface area contributed by atoms with Crippen molar-refractivity contribution >= 4 is 22.1 Å². The van der Waals surface area contributed by atoms with Crippen LogP contribution in [0.3, 0.4) is 0 Å². The molecule has 7 nitrogen and oxygen atoms in total. The largest absolute Gasteiger partial charge is 0.478 e. The standard InChI is InChI=1S/C14H24O4.C2H6O3S/c1-2-3-4-5-6-7-8-9-10-12(14(17)18)11-13(15)16;1-2-6(3,4)5/h11H,2-10H2,1H3,(H,15,16)(H,17,18);2H2,1H3,(H,3,4,5)/b12-11-;. The van der Waals surface area contributed by atoms with Crippen molar-refractivity contribution in [2.75, 3.05) is 5.75 Å². The van der Waals surface area contributed by atoms with Gasteiger partial charge in [0, 0.05) is 11.6 Å². The van der Waals surface area contributed by atoms with E-state index in [4.69, 9.17) is 14.8 Å². The van der Waals surface area contributed by atoms with Gasteiger partial charge in [-0.2, -0.15) is 8.42 Å². The van der Waals surface area contributed by atoms with E-state index < -0.39 is 22.1 Å². The molecule has 142 valence electrons. The van der Waals surface area contributed by atoms with E-state index in [0.29, 0.717) is 6.42 Å². The molecule has 8 heteroatoms. The average Bonchev–Trinajstić information content (AvgIpc) is 2.48. The van der Waals surface area contributed by atoms with E-state index >= 15 is 0 Å². The summed E-state index contributed by atoms with van der Waals surface area (Å²) in [4.78, 5) is 21.2. The second-order valence-electron chi connectivity index (χ2n) is 5.41. The van der Waals surface area contributed by atoms with E-state index in [-0.39, 0.29) is 11.3 Å². The fourth-order valence-electron chi connectivity index (χ4n) is 1.84. The summed E-state index contributed by atoms with van der Waals surface area (Å²) in [7, 11) is -3.66. The highest BCUT2D eigenvalue weighted by molar-refractivity contribution is 7.85. The molecule has 0 aliphatic carbocycles. The molecule has 0 aromatic rings. The van der Waals surface area contributed by atoms with Gasteiger partial charge in [-0.15, -0.1) is 0 Å². The molecule has 0 fully saturated rings. The molecule has 0 amide bonds. The Morgan fingerprint density at radius 2 is 1.29 bits per heavy atom. The minimum Gasteiger partial charge on any atom is -0.478 e. The molecule has 0 spiro atoms. The van der Waals surface area contributed by atoms with Gasteiger partial charge < -0.3 is 10.2 Å². The number of aliphatic carboxylic acids is 2. The first-order valence-electron chi connectivity index (χ1n) is 8.26. The van der Waals surface area contributed by atoms with Crippen LogP contribution in [0.15, 0.2) is 11.6 Å². The summed E-state index contributed by atoms with van der Waals surface area (Å²) >= 11 is 0. The van der Waals surface area contributed by atoms with Gasteiger partial charge in [0.1, 0.15) is 0 Å². The summed E-state index contributed by atoms with van der Waals surface area (Å²) in [5, 5.41) is 17.3. The number of carbonyl (C=O) groups is 2. The van der Waals surface area contributed by atoms with E-state index in [9.17, 15) is 18.0 Å². The molecule has 0 atom stereocenters. The lowest BCUT2D eigenvalue weighted by Crippen LogP contribution is -2.04. The van der Waals surface area contributed by atoms with E-state index in [0.717, 1.165) is 25.3 Å². The highest BCUT2D eigenvalue weighted by atomic mass is 32.2. The zero-order chi connectivity index (χ0) is 19.0. The molecule has 0 unspecified atom stereocenters. The molecule has 0 heterocycles. The summed E-state index contributed by atoms with van der Waals surface area (Å²) in [6.45, 7) is 3.55. The lowest BCUT2D eigenvalue weighted by Gasteiger charge is -2.02. The van der Waals surface area contributed by atoms with E-state index in [1.165, 1.54) is 39.0 Å². The van der Waals surface area contributed by atoms with E-state index in [1.54, 1.807) is 0 Å². The Hall–Kier alpha value is -1.41. The van der Waals surface area contributed by atoms with Gasteiger partial charge in [-0.25, -0.2) is 9.59 Å². The molecule has 24 heavy (non-hydrogen) atoms. The Bertz CT molecular complexity index is 481. The van der Waals surface area contributed by atoms with Crippen molar-refractivity contribution in [3.63, 3.8) is 0 Å². The second kappa shape index (κ2) is 15.1. The Morgan fingerprint density at radius 1 is 0.875 bits per heavy atom. The first-order chi connectivity index (χ1) is 11.1. The molecule has 0 aliphatic rings. The first-order valence-corrected chi connectivity index (χ1v) is 9.86. The maximum atomic E-state index is 10.7. The van der Waals surface area contributed by atoms with Crippen LogP contribution in [-0.2, 0) is 19.7 Å². The van der Waals surface area contributed by atoms with Crippen molar-refractivity contribution in [3.05, 3.63) is 11.6 Å². The predicted molar refractivity (Wildman–Crippen MR) is 92.7 cm³/mol. The first kappa shape index (κ1) is 24.8. The van der Waals surface area contributed by atoms with E-state index in [2.05, 4.69) is 6.92 Å². The summed E-state index contributed by atoms with van der Waals surface area (Å²) in [5.74, 6) is -2.51. The molecule has 0 saturated heterocycles.